The zero-order chi connectivity index (χ0) is 14.0. The number of carbonyl (C=O) groups excluding carboxylic acids is 1. The van der Waals surface area contributed by atoms with Crippen molar-refractivity contribution >= 4 is 11.7 Å². The summed E-state index contributed by atoms with van der Waals surface area (Å²) in [6.45, 7) is 4.08. The molecule has 104 valence electrons. The zero-order valence-corrected chi connectivity index (χ0v) is 11.3. The van der Waals surface area contributed by atoms with Gasteiger partial charge in [-0.25, -0.2) is 9.18 Å². The third-order valence-corrected chi connectivity index (χ3v) is 3.52. The van der Waals surface area contributed by atoms with E-state index >= 15 is 0 Å². The van der Waals surface area contributed by atoms with Gasteiger partial charge in [-0.1, -0.05) is 0 Å². The Bertz CT molecular complexity index is 471. The van der Waals surface area contributed by atoms with E-state index in [-0.39, 0.29) is 17.9 Å². The lowest BCUT2D eigenvalue weighted by atomic mass is 9.91. The molecule has 0 saturated carbocycles. The fourth-order valence-electron chi connectivity index (χ4n) is 2.47. The van der Waals surface area contributed by atoms with Crippen molar-refractivity contribution in [2.45, 2.75) is 31.9 Å². The minimum Gasteiger partial charge on any atom is -0.467 e. The first-order chi connectivity index (χ1) is 8.98. The monoisotopic (exact) mass is 267 g/mol. The van der Waals surface area contributed by atoms with Gasteiger partial charge < -0.3 is 14.8 Å². The number of anilines is 1. The number of hydrogen-bond acceptors (Lipinski definition) is 4. The molecular weight excluding hydrogens is 249 g/mol. The summed E-state index contributed by atoms with van der Waals surface area (Å²) >= 11 is 0. The van der Waals surface area contributed by atoms with Crippen molar-refractivity contribution in [1.29, 1.82) is 0 Å². The number of halogens is 1. The molecule has 1 aromatic rings. The van der Waals surface area contributed by atoms with Gasteiger partial charge in [-0.3, -0.25) is 0 Å². The second kappa shape index (κ2) is 5.17. The van der Waals surface area contributed by atoms with Crippen LogP contribution in [0, 0.1) is 12.7 Å². The molecule has 0 aliphatic carbocycles. The minimum absolute atomic E-state index is 0.330. The smallest absolute Gasteiger partial charge is 0.334 e. The van der Waals surface area contributed by atoms with Gasteiger partial charge >= 0.3 is 5.97 Å². The molecule has 1 heterocycles. The lowest BCUT2D eigenvalue weighted by molar-refractivity contribution is -0.147. The van der Waals surface area contributed by atoms with E-state index in [9.17, 15) is 9.18 Å². The second-order valence-corrected chi connectivity index (χ2v) is 4.87. The Labute approximate surface area is 111 Å². The van der Waals surface area contributed by atoms with Crippen LogP contribution < -0.4 is 5.32 Å². The van der Waals surface area contributed by atoms with E-state index in [1.807, 2.05) is 6.92 Å². The average molecular weight is 267 g/mol. The van der Waals surface area contributed by atoms with Crippen LogP contribution >= 0.6 is 0 Å². The Hall–Kier alpha value is -1.62. The molecule has 0 radical (unpaired) electrons. The van der Waals surface area contributed by atoms with E-state index in [2.05, 4.69) is 5.32 Å². The lowest BCUT2D eigenvalue weighted by Crippen LogP contribution is -2.52. The summed E-state index contributed by atoms with van der Waals surface area (Å²) in [6.07, 6.45) is 0.166. The normalized spacial score (nSPS) is 26.2. The van der Waals surface area contributed by atoms with Crippen molar-refractivity contribution in [3.63, 3.8) is 0 Å². The standard InChI is InChI=1S/C14H18FNO3/c1-9-6-11(15)8-12(7-9)16-14(13(17)18-3)4-5-19-10(14)2/h6-8,10,16H,4-5H2,1-3H3. The molecule has 0 spiro atoms. The highest BCUT2D eigenvalue weighted by molar-refractivity contribution is 5.85. The van der Waals surface area contributed by atoms with Gasteiger partial charge in [-0.2, -0.15) is 0 Å². The highest BCUT2D eigenvalue weighted by atomic mass is 19.1. The molecule has 2 unspecified atom stereocenters. The summed E-state index contributed by atoms with van der Waals surface area (Å²) in [5.74, 6) is -0.728. The maximum absolute atomic E-state index is 13.4. The zero-order valence-electron chi connectivity index (χ0n) is 11.3. The molecule has 19 heavy (non-hydrogen) atoms. The van der Waals surface area contributed by atoms with E-state index < -0.39 is 5.54 Å². The highest BCUT2D eigenvalue weighted by Crippen LogP contribution is 2.31. The van der Waals surface area contributed by atoms with E-state index in [1.165, 1.54) is 19.2 Å². The van der Waals surface area contributed by atoms with Crippen molar-refractivity contribution in [1.82, 2.24) is 0 Å². The van der Waals surface area contributed by atoms with Crippen LogP contribution in [0.15, 0.2) is 18.2 Å². The third kappa shape index (κ3) is 2.56. The number of nitrogens with one attached hydrogen (secondary N) is 1. The molecule has 2 rings (SSSR count). The van der Waals surface area contributed by atoms with Crippen LogP contribution in [-0.4, -0.2) is 31.3 Å². The fraction of sp³-hybridized carbons (Fsp3) is 0.500. The van der Waals surface area contributed by atoms with Crippen molar-refractivity contribution in [3.8, 4) is 0 Å². The lowest BCUT2D eigenvalue weighted by Gasteiger charge is -2.31. The van der Waals surface area contributed by atoms with Gasteiger partial charge in [0.25, 0.3) is 0 Å². The minimum atomic E-state index is -0.949. The van der Waals surface area contributed by atoms with Crippen LogP contribution in [0.4, 0.5) is 10.1 Å². The third-order valence-electron chi connectivity index (χ3n) is 3.52. The molecule has 1 aliphatic heterocycles. The van der Waals surface area contributed by atoms with Gasteiger partial charge in [0.05, 0.1) is 13.2 Å². The van der Waals surface area contributed by atoms with E-state index in [1.54, 1.807) is 13.0 Å². The molecule has 1 N–H and O–H groups in total. The summed E-state index contributed by atoms with van der Waals surface area (Å²) in [5.41, 5.74) is 0.393. The fourth-order valence-corrected chi connectivity index (χ4v) is 2.47. The number of rotatable bonds is 3. The van der Waals surface area contributed by atoms with E-state index in [4.69, 9.17) is 9.47 Å². The molecule has 0 bridgehead atoms. The first kappa shape index (κ1) is 13.8. The molecule has 5 heteroatoms. The van der Waals surface area contributed by atoms with Crippen LogP contribution in [0.25, 0.3) is 0 Å². The Balaban J connectivity index is 2.33. The predicted octanol–water partition coefficient (Wildman–Crippen LogP) is 2.27. The van der Waals surface area contributed by atoms with Crippen LogP contribution in [0.2, 0.25) is 0 Å². The number of carbonyl (C=O) groups is 1. The van der Waals surface area contributed by atoms with Gasteiger partial charge in [-0.05, 0) is 37.6 Å². The van der Waals surface area contributed by atoms with Gasteiger partial charge in [0.15, 0.2) is 5.54 Å². The summed E-state index contributed by atoms with van der Waals surface area (Å²) in [7, 11) is 1.34. The number of benzene rings is 1. The second-order valence-electron chi connectivity index (χ2n) is 4.87. The maximum Gasteiger partial charge on any atom is 0.334 e. The number of methoxy groups -OCH3 is 1. The first-order valence-electron chi connectivity index (χ1n) is 6.23. The van der Waals surface area contributed by atoms with Crippen molar-refractivity contribution in [2.75, 3.05) is 19.0 Å². The molecule has 0 amide bonds. The Morgan fingerprint density at radius 1 is 1.53 bits per heavy atom. The quantitative estimate of drug-likeness (QED) is 0.853. The molecule has 1 aliphatic rings. The van der Waals surface area contributed by atoms with E-state index in [0.29, 0.717) is 18.7 Å². The van der Waals surface area contributed by atoms with Gasteiger partial charge in [0.1, 0.15) is 5.82 Å². The number of aryl methyl sites for hydroxylation is 1. The summed E-state index contributed by atoms with van der Waals surface area (Å²) in [4.78, 5) is 12.1. The molecule has 0 aromatic heterocycles. The van der Waals surface area contributed by atoms with Crippen molar-refractivity contribution < 1.29 is 18.7 Å². The summed E-state index contributed by atoms with van der Waals surface area (Å²) in [5, 5.41) is 3.10. The Kier molecular flexibility index (Phi) is 3.75. The average Bonchev–Trinajstić information content (AvgIpc) is 2.69. The van der Waals surface area contributed by atoms with Crippen molar-refractivity contribution in [2.24, 2.45) is 0 Å². The topological polar surface area (TPSA) is 47.6 Å². The van der Waals surface area contributed by atoms with Crippen LogP contribution in [0.3, 0.4) is 0 Å². The largest absolute Gasteiger partial charge is 0.467 e. The van der Waals surface area contributed by atoms with Gasteiger partial charge in [0, 0.05) is 18.7 Å². The van der Waals surface area contributed by atoms with Crippen LogP contribution in [0.5, 0.6) is 0 Å². The SMILES string of the molecule is COC(=O)C1(Nc2cc(C)cc(F)c2)CCOC1C. The Morgan fingerprint density at radius 3 is 2.79 bits per heavy atom. The van der Waals surface area contributed by atoms with Gasteiger partial charge in [-0.15, -0.1) is 0 Å². The summed E-state index contributed by atoms with van der Waals surface area (Å²) in [6, 6.07) is 4.59. The first-order valence-corrected chi connectivity index (χ1v) is 6.23. The Morgan fingerprint density at radius 2 is 2.26 bits per heavy atom. The molecule has 1 saturated heterocycles. The predicted molar refractivity (Wildman–Crippen MR) is 69.5 cm³/mol. The molecule has 1 aromatic carbocycles. The van der Waals surface area contributed by atoms with E-state index in [0.717, 1.165) is 5.56 Å². The van der Waals surface area contributed by atoms with Gasteiger partial charge in [0.2, 0.25) is 0 Å². The molecular formula is C14H18FNO3. The highest BCUT2D eigenvalue weighted by Gasteiger charge is 2.49. The molecule has 2 atom stereocenters. The molecule has 4 nitrogen and oxygen atoms in total. The maximum atomic E-state index is 13.4. The number of hydrogen-bond donors (Lipinski definition) is 1. The van der Waals surface area contributed by atoms with Crippen molar-refractivity contribution in [3.05, 3.63) is 29.6 Å². The number of ether oxygens (including phenoxy) is 2. The molecule has 1 fully saturated rings. The van der Waals surface area contributed by atoms with Crippen LogP contribution in [-0.2, 0) is 14.3 Å². The number of esters is 1. The van der Waals surface area contributed by atoms with Crippen LogP contribution in [0.1, 0.15) is 18.9 Å². The summed E-state index contributed by atoms with van der Waals surface area (Å²) < 4.78 is 23.8.